The van der Waals surface area contributed by atoms with Crippen molar-refractivity contribution in [3.05, 3.63) is 0 Å². The topological polar surface area (TPSA) is 36.9 Å². The van der Waals surface area contributed by atoms with Gasteiger partial charge in [-0.15, -0.1) is 0 Å². The first-order valence-electron chi connectivity index (χ1n) is 7.77. The zero-order valence-electron chi connectivity index (χ0n) is 13.0. The number of nitrogens with one attached hydrogen (secondary N) is 1. The Labute approximate surface area is 118 Å². The molecule has 0 atom stereocenters. The van der Waals surface area contributed by atoms with Gasteiger partial charge in [0.15, 0.2) is 5.96 Å². The summed E-state index contributed by atoms with van der Waals surface area (Å²) in [5.41, 5.74) is 0. The average Bonchev–Trinajstić information content (AvgIpc) is 3.23. The summed E-state index contributed by atoms with van der Waals surface area (Å²) in [7, 11) is 3.91. The van der Waals surface area contributed by atoms with Gasteiger partial charge in [0.05, 0.1) is 6.61 Å². The van der Waals surface area contributed by atoms with Crippen molar-refractivity contribution < 1.29 is 4.74 Å². The van der Waals surface area contributed by atoms with Crippen LogP contribution in [0.15, 0.2) is 4.99 Å². The van der Waals surface area contributed by atoms with Gasteiger partial charge in [-0.25, -0.2) is 0 Å². The maximum atomic E-state index is 5.66. The fourth-order valence-corrected chi connectivity index (χ4v) is 1.98. The monoisotopic (exact) mass is 269 g/mol. The predicted molar refractivity (Wildman–Crippen MR) is 81.7 cm³/mol. The number of hydrogen-bond acceptors (Lipinski definition) is 2. The number of rotatable bonds is 10. The van der Waals surface area contributed by atoms with Crippen LogP contribution in [-0.4, -0.2) is 51.3 Å². The van der Waals surface area contributed by atoms with E-state index in [0.717, 1.165) is 38.2 Å². The summed E-state index contributed by atoms with van der Waals surface area (Å²) in [5, 5.41) is 3.41. The largest absolute Gasteiger partial charge is 0.379 e. The van der Waals surface area contributed by atoms with Gasteiger partial charge in [0.1, 0.15) is 0 Å². The third kappa shape index (κ3) is 8.09. The summed E-state index contributed by atoms with van der Waals surface area (Å²) in [6.45, 7) is 5.89. The van der Waals surface area contributed by atoms with Crippen molar-refractivity contribution in [1.29, 1.82) is 0 Å². The van der Waals surface area contributed by atoms with E-state index in [9.17, 15) is 0 Å². The van der Waals surface area contributed by atoms with Gasteiger partial charge in [-0.1, -0.05) is 26.2 Å². The molecule has 0 amide bonds. The Hall–Kier alpha value is -0.770. The van der Waals surface area contributed by atoms with Gasteiger partial charge < -0.3 is 15.0 Å². The molecule has 0 bridgehead atoms. The maximum absolute atomic E-state index is 5.66. The molecule has 0 aromatic carbocycles. The van der Waals surface area contributed by atoms with Crippen LogP contribution < -0.4 is 5.32 Å². The first-order valence-corrected chi connectivity index (χ1v) is 7.77. The maximum Gasteiger partial charge on any atom is 0.193 e. The van der Waals surface area contributed by atoms with Crippen LogP contribution in [0, 0.1) is 5.92 Å². The van der Waals surface area contributed by atoms with Crippen LogP contribution in [0.2, 0.25) is 0 Å². The Bertz CT molecular complexity index is 252. The first-order chi connectivity index (χ1) is 9.27. The van der Waals surface area contributed by atoms with Crippen LogP contribution >= 0.6 is 0 Å². The van der Waals surface area contributed by atoms with Crippen molar-refractivity contribution in [3.63, 3.8) is 0 Å². The highest BCUT2D eigenvalue weighted by Gasteiger charge is 2.21. The van der Waals surface area contributed by atoms with Crippen molar-refractivity contribution in [1.82, 2.24) is 10.2 Å². The Morgan fingerprint density at radius 2 is 2.11 bits per heavy atom. The summed E-state index contributed by atoms with van der Waals surface area (Å²) in [6, 6.07) is 0. The van der Waals surface area contributed by atoms with Gasteiger partial charge in [-0.05, 0) is 25.2 Å². The third-order valence-electron chi connectivity index (χ3n) is 3.51. The lowest BCUT2D eigenvalue weighted by atomic mass is 10.2. The second-order valence-corrected chi connectivity index (χ2v) is 5.47. The molecule has 1 rings (SSSR count). The molecule has 1 aliphatic rings. The van der Waals surface area contributed by atoms with E-state index in [1.165, 1.54) is 38.5 Å². The quantitative estimate of drug-likeness (QED) is 0.376. The van der Waals surface area contributed by atoms with Crippen molar-refractivity contribution in [2.45, 2.75) is 45.4 Å². The Morgan fingerprint density at radius 3 is 2.74 bits per heavy atom. The minimum Gasteiger partial charge on any atom is -0.379 e. The van der Waals surface area contributed by atoms with E-state index >= 15 is 0 Å². The summed E-state index contributed by atoms with van der Waals surface area (Å²) < 4.78 is 5.66. The molecule has 1 saturated carbocycles. The Morgan fingerprint density at radius 1 is 1.32 bits per heavy atom. The normalized spacial score (nSPS) is 15.6. The van der Waals surface area contributed by atoms with Gasteiger partial charge >= 0.3 is 0 Å². The standard InChI is InChI=1S/C15H31N3O/c1-4-5-6-7-10-17-15(16-2)18(3)11-12-19-13-14-8-9-14/h14H,4-13H2,1-3H3,(H,16,17). The number of guanidine groups is 1. The molecular weight excluding hydrogens is 238 g/mol. The molecule has 0 heterocycles. The van der Waals surface area contributed by atoms with Gasteiger partial charge in [-0.2, -0.15) is 0 Å². The van der Waals surface area contributed by atoms with E-state index in [0.29, 0.717) is 0 Å². The highest BCUT2D eigenvalue weighted by molar-refractivity contribution is 5.79. The third-order valence-corrected chi connectivity index (χ3v) is 3.51. The molecule has 0 saturated heterocycles. The second kappa shape index (κ2) is 10.1. The van der Waals surface area contributed by atoms with Crippen molar-refractivity contribution in [2.24, 2.45) is 10.9 Å². The molecule has 0 spiro atoms. The van der Waals surface area contributed by atoms with E-state index in [2.05, 4.69) is 29.2 Å². The van der Waals surface area contributed by atoms with E-state index in [1.54, 1.807) is 0 Å². The second-order valence-electron chi connectivity index (χ2n) is 5.47. The molecule has 19 heavy (non-hydrogen) atoms. The molecule has 0 radical (unpaired) electrons. The molecule has 0 aromatic rings. The lowest BCUT2D eigenvalue weighted by Gasteiger charge is -2.22. The highest BCUT2D eigenvalue weighted by atomic mass is 16.5. The van der Waals surface area contributed by atoms with Crippen LogP contribution in [0.4, 0.5) is 0 Å². The van der Waals surface area contributed by atoms with Gasteiger partial charge in [0.2, 0.25) is 0 Å². The Balaban J connectivity index is 2.03. The molecule has 4 heteroatoms. The number of ether oxygens (including phenoxy) is 1. The lowest BCUT2D eigenvalue weighted by Crippen LogP contribution is -2.40. The fourth-order valence-electron chi connectivity index (χ4n) is 1.98. The fraction of sp³-hybridized carbons (Fsp3) is 0.933. The zero-order chi connectivity index (χ0) is 13.9. The van der Waals surface area contributed by atoms with Gasteiger partial charge in [-0.3, -0.25) is 4.99 Å². The smallest absolute Gasteiger partial charge is 0.193 e. The molecule has 1 fully saturated rings. The van der Waals surface area contributed by atoms with Gasteiger partial charge in [0.25, 0.3) is 0 Å². The minimum atomic E-state index is 0.795. The average molecular weight is 269 g/mol. The van der Waals surface area contributed by atoms with Crippen molar-refractivity contribution in [3.8, 4) is 0 Å². The zero-order valence-corrected chi connectivity index (χ0v) is 13.0. The summed E-state index contributed by atoms with van der Waals surface area (Å²) >= 11 is 0. The van der Waals surface area contributed by atoms with E-state index in [-0.39, 0.29) is 0 Å². The minimum absolute atomic E-state index is 0.795. The molecule has 4 nitrogen and oxygen atoms in total. The Kier molecular flexibility index (Phi) is 8.63. The summed E-state index contributed by atoms with van der Waals surface area (Å²) in [6.07, 6.45) is 7.85. The van der Waals surface area contributed by atoms with Crippen LogP contribution in [-0.2, 0) is 4.74 Å². The SMILES string of the molecule is CCCCCCNC(=NC)N(C)CCOCC1CC1. The summed E-state index contributed by atoms with van der Waals surface area (Å²) in [5.74, 6) is 1.83. The molecule has 1 N–H and O–H groups in total. The number of nitrogens with zero attached hydrogens (tertiary/aromatic N) is 2. The van der Waals surface area contributed by atoms with E-state index in [1.807, 2.05) is 7.05 Å². The molecule has 0 unspecified atom stereocenters. The van der Waals surface area contributed by atoms with Crippen LogP contribution in [0.3, 0.4) is 0 Å². The number of hydrogen-bond donors (Lipinski definition) is 1. The van der Waals surface area contributed by atoms with E-state index < -0.39 is 0 Å². The van der Waals surface area contributed by atoms with Gasteiger partial charge in [0, 0.05) is 33.8 Å². The molecule has 1 aliphatic carbocycles. The number of unbranched alkanes of at least 4 members (excludes halogenated alkanes) is 3. The first kappa shape index (κ1) is 16.3. The number of likely N-dealkylation sites (N-methyl/N-ethyl adjacent to an activating group) is 1. The predicted octanol–water partition coefficient (Wildman–Crippen LogP) is 2.50. The highest BCUT2D eigenvalue weighted by Crippen LogP contribution is 2.28. The molecule has 112 valence electrons. The van der Waals surface area contributed by atoms with Crippen molar-refractivity contribution in [2.75, 3.05) is 40.4 Å². The molecule has 0 aromatic heterocycles. The van der Waals surface area contributed by atoms with Crippen LogP contribution in [0.1, 0.15) is 45.4 Å². The molecule has 0 aliphatic heterocycles. The summed E-state index contributed by atoms with van der Waals surface area (Å²) in [4.78, 5) is 6.45. The number of aliphatic imine (C=N–C) groups is 1. The van der Waals surface area contributed by atoms with E-state index in [4.69, 9.17) is 4.74 Å². The molecular formula is C15H31N3O. The van der Waals surface area contributed by atoms with Crippen LogP contribution in [0.5, 0.6) is 0 Å². The lowest BCUT2D eigenvalue weighted by molar-refractivity contribution is 0.115. The van der Waals surface area contributed by atoms with Crippen molar-refractivity contribution >= 4 is 5.96 Å². The van der Waals surface area contributed by atoms with Crippen LogP contribution in [0.25, 0.3) is 0 Å².